The Morgan fingerprint density at radius 2 is 1.64 bits per heavy atom. The maximum absolute atomic E-state index is 11.4. The van der Waals surface area contributed by atoms with Crippen molar-refractivity contribution in [3.8, 4) is 28.4 Å². The molecule has 0 saturated heterocycles. The monoisotopic (exact) mass is 332 g/mol. The third-order valence-electron chi connectivity index (χ3n) is 4.09. The zero-order valence-corrected chi connectivity index (χ0v) is 13.5. The van der Waals surface area contributed by atoms with Crippen molar-refractivity contribution in [2.75, 3.05) is 6.79 Å². The lowest BCUT2D eigenvalue weighted by atomic mass is 9.99. The molecule has 0 atom stereocenters. The molecule has 124 valence electrons. The normalized spacial score (nSPS) is 12.0. The highest BCUT2D eigenvalue weighted by Crippen LogP contribution is 2.38. The summed E-state index contributed by atoms with van der Waals surface area (Å²) in [5, 5.41) is 0. The van der Waals surface area contributed by atoms with Gasteiger partial charge in [0, 0.05) is 5.56 Å². The Balaban J connectivity index is 1.55. The summed E-state index contributed by atoms with van der Waals surface area (Å²) in [6.07, 6.45) is 0.830. The van der Waals surface area contributed by atoms with Crippen LogP contribution in [0, 0.1) is 0 Å². The number of hydrogen-bond donors (Lipinski definition) is 0. The number of benzene rings is 3. The lowest BCUT2D eigenvalue weighted by molar-refractivity contribution is 0.112. The van der Waals surface area contributed by atoms with Gasteiger partial charge in [-0.15, -0.1) is 0 Å². The lowest BCUT2D eigenvalue weighted by Gasteiger charge is -2.09. The van der Waals surface area contributed by atoms with Gasteiger partial charge in [0.25, 0.3) is 0 Å². The number of rotatable bonds is 5. The van der Waals surface area contributed by atoms with Gasteiger partial charge in [0.2, 0.25) is 6.79 Å². The summed E-state index contributed by atoms with van der Waals surface area (Å²) in [5.74, 6) is 2.04. The minimum atomic E-state index is 0.184. The maximum Gasteiger partial charge on any atom is 0.231 e. The zero-order valence-electron chi connectivity index (χ0n) is 13.5. The van der Waals surface area contributed by atoms with E-state index >= 15 is 0 Å². The van der Waals surface area contributed by atoms with Crippen LogP contribution >= 0.6 is 0 Å². The fourth-order valence-corrected chi connectivity index (χ4v) is 2.78. The van der Waals surface area contributed by atoms with Gasteiger partial charge in [0.15, 0.2) is 17.8 Å². The Morgan fingerprint density at radius 3 is 2.36 bits per heavy atom. The molecule has 1 aliphatic heterocycles. The summed E-state index contributed by atoms with van der Waals surface area (Å²) in [5.41, 5.74) is 3.43. The highest BCUT2D eigenvalue weighted by atomic mass is 16.7. The van der Waals surface area contributed by atoms with Gasteiger partial charge in [-0.25, -0.2) is 0 Å². The Morgan fingerprint density at radius 1 is 0.920 bits per heavy atom. The van der Waals surface area contributed by atoms with Crippen LogP contribution in [0.3, 0.4) is 0 Å². The van der Waals surface area contributed by atoms with Gasteiger partial charge in [-0.1, -0.05) is 42.5 Å². The van der Waals surface area contributed by atoms with Gasteiger partial charge in [0.05, 0.1) is 0 Å². The second-order valence-electron chi connectivity index (χ2n) is 5.71. The van der Waals surface area contributed by atoms with Crippen LogP contribution in [0.4, 0.5) is 0 Å². The molecular weight excluding hydrogens is 316 g/mol. The molecule has 0 N–H and O–H groups in total. The van der Waals surface area contributed by atoms with Crippen molar-refractivity contribution in [1.29, 1.82) is 0 Å². The minimum Gasteiger partial charge on any atom is -0.489 e. The molecule has 0 aromatic heterocycles. The second kappa shape index (κ2) is 6.69. The number of hydrogen-bond acceptors (Lipinski definition) is 4. The first kappa shape index (κ1) is 15.3. The number of aldehydes is 1. The van der Waals surface area contributed by atoms with E-state index in [-0.39, 0.29) is 6.79 Å². The summed E-state index contributed by atoms with van der Waals surface area (Å²) < 4.78 is 16.5. The van der Waals surface area contributed by atoms with E-state index in [4.69, 9.17) is 14.2 Å². The fourth-order valence-electron chi connectivity index (χ4n) is 2.78. The van der Waals surface area contributed by atoms with Crippen molar-refractivity contribution in [2.45, 2.75) is 6.61 Å². The van der Waals surface area contributed by atoms with Crippen LogP contribution in [-0.2, 0) is 6.61 Å². The van der Waals surface area contributed by atoms with Gasteiger partial charge in [-0.2, -0.15) is 0 Å². The van der Waals surface area contributed by atoms with E-state index in [1.54, 1.807) is 6.07 Å². The van der Waals surface area contributed by atoms with E-state index in [0.717, 1.165) is 28.7 Å². The standard InChI is InChI=1S/C21H16O4/c22-12-17-10-20-21(25-14-24-20)11-19(17)16-6-8-18(9-7-16)23-13-15-4-2-1-3-5-15/h1-12H,13-14H2. The Kier molecular flexibility index (Phi) is 4.09. The first-order valence-corrected chi connectivity index (χ1v) is 7.99. The Labute approximate surface area is 145 Å². The van der Waals surface area contributed by atoms with E-state index in [1.807, 2.05) is 60.7 Å². The molecule has 0 spiro atoms. The van der Waals surface area contributed by atoms with Crippen molar-refractivity contribution >= 4 is 6.29 Å². The molecule has 0 radical (unpaired) electrons. The molecule has 1 heterocycles. The molecule has 0 amide bonds. The molecule has 3 aromatic carbocycles. The fraction of sp³-hybridized carbons (Fsp3) is 0.0952. The van der Waals surface area contributed by atoms with Crippen molar-refractivity contribution in [3.05, 3.63) is 77.9 Å². The van der Waals surface area contributed by atoms with E-state index < -0.39 is 0 Å². The third-order valence-corrected chi connectivity index (χ3v) is 4.09. The molecule has 4 rings (SSSR count). The predicted molar refractivity (Wildman–Crippen MR) is 94.2 cm³/mol. The van der Waals surface area contributed by atoms with E-state index in [2.05, 4.69) is 0 Å². The highest BCUT2D eigenvalue weighted by Gasteiger charge is 2.17. The predicted octanol–water partition coefficient (Wildman–Crippen LogP) is 4.47. The van der Waals surface area contributed by atoms with Crippen LogP contribution < -0.4 is 14.2 Å². The molecule has 25 heavy (non-hydrogen) atoms. The van der Waals surface area contributed by atoms with Crippen LogP contribution in [0.15, 0.2) is 66.7 Å². The van der Waals surface area contributed by atoms with Gasteiger partial charge >= 0.3 is 0 Å². The van der Waals surface area contributed by atoms with Gasteiger partial charge < -0.3 is 14.2 Å². The summed E-state index contributed by atoms with van der Waals surface area (Å²) >= 11 is 0. The van der Waals surface area contributed by atoms with Crippen LogP contribution in [0.1, 0.15) is 15.9 Å². The van der Waals surface area contributed by atoms with Crippen molar-refractivity contribution in [3.63, 3.8) is 0 Å². The van der Waals surface area contributed by atoms with Gasteiger partial charge in [-0.05, 0) is 41.0 Å². The molecule has 4 heteroatoms. The molecule has 0 fully saturated rings. The average molecular weight is 332 g/mol. The SMILES string of the molecule is O=Cc1cc2c(cc1-c1ccc(OCc3ccccc3)cc1)OCO2. The highest BCUT2D eigenvalue weighted by molar-refractivity contribution is 5.89. The minimum absolute atomic E-state index is 0.184. The largest absolute Gasteiger partial charge is 0.489 e. The maximum atomic E-state index is 11.4. The molecule has 0 aliphatic carbocycles. The third kappa shape index (κ3) is 3.19. The first-order valence-electron chi connectivity index (χ1n) is 7.99. The van der Waals surface area contributed by atoms with Crippen molar-refractivity contribution < 1.29 is 19.0 Å². The molecular formula is C21H16O4. The number of carbonyl (C=O) groups excluding carboxylic acids is 1. The van der Waals surface area contributed by atoms with Crippen molar-refractivity contribution in [2.24, 2.45) is 0 Å². The van der Waals surface area contributed by atoms with Crippen LogP contribution in [0.25, 0.3) is 11.1 Å². The molecule has 3 aromatic rings. The zero-order chi connectivity index (χ0) is 17.1. The number of carbonyl (C=O) groups is 1. The summed E-state index contributed by atoms with van der Waals surface area (Å²) in [6.45, 7) is 0.702. The van der Waals surface area contributed by atoms with Crippen molar-refractivity contribution in [1.82, 2.24) is 0 Å². The Bertz CT molecular complexity index is 886. The molecule has 1 aliphatic rings. The lowest BCUT2D eigenvalue weighted by Crippen LogP contribution is -1.95. The van der Waals surface area contributed by atoms with Crippen LogP contribution in [0.2, 0.25) is 0 Å². The first-order chi connectivity index (χ1) is 12.3. The molecule has 0 unspecified atom stereocenters. The van der Waals surface area contributed by atoms with E-state index in [1.165, 1.54) is 0 Å². The van der Waals surface area contributed by atoms with E-state index in [9.17, 15) is 4.79 Å². The quantitative estimate of drug-likeness (QED) is 0.647. The average Bonchev–Trinajstić information content (AvgIpc) is 3.14. The van der Waals surface area contributed by atoms with Crippen LogP contribution in [-0.4, -0.2) is 13.1 Å². The van der Waals surface area contributed by atoms with Crippen LogP contribution in [0.5, 0.6) is 17.2 Å². The molecule has 0 bridgehead atoms. The number of ether oxygens (including phenoxy) is 3. The Hall–Kier alpha value is -3.27. The van der Waals surface area contributed by atoms with Gasteiger partial charge in [-0.3, -0.25) is 4.79 Å². The molecule has 0 saturated carbocycles. The summed E-state index contributed by atoms with van der Waals surface area (Å²) in [7, 11) is 0. The summed E-state index contributed by atoms with van der Waals surface area (Å²) in [4.78, 5) is 11.4. The summed E-state index contributed by atoms with van der Waals surface area (Å²) in [6, 6.07) is 21.2. The second-order valence-corrected chi connectivity index (χ2v) is 5.71. The van der Waals surface area contributed by atoms with E-state index in [0.29, 0.717) is 23.7 Å². The number of fused-ring (bicyclic) bond motifs is 1. The molecule has 4 nitrogen and oxygen atoms in total. The van der Waals surface area contributed by atoms with Gasteiger partial charge in [0.1, 0.15) is 12.4 Å². The smallest absolute Gasteiger partial charge is 0.231 e. The topological polar surface area (TPSA) is 44.8 Å².